The van der Waals surface area contributed by atoms with Gasteiger partial charge < -0.3 is 16.1 Å². The second-order valence-electron chi connectivity index (χ2n) is 9.33. The van der Waals surface area contributed by atoms with Crippen LogP contribution in [0.1, 0.15) is 30.0 Å². The van der Waals surface area contributed by atoms with E-state index < -0.39 is 0 Å². The highest BCUT2D eigenvalue weighted by molar-refractivity contribution is 6.43. The zero-order valence-electron chi connectivity index (χ0n) is 20.3. The molecule has 1 aliphatic carbocycles. The van der Waals surface area contributed by atoms with Crippen LogP contribution in [-0.2, 0) is 0 Å². The van der Waals surface area contributed by atoms with Gasteiger partial charge in [-0.15, -0.1) is 5.53 Å². The van der Waals surface area contributed by atoms with Crippen molar-refractivity contribution in [3.05, 3.63) is 105 Å². The molecule has 1 aromatic heterocycles. The maximum Gasteiger partial charge on any atom is 0.123 e. The van der Waals surface area contributed by atoms with E-state index in [1.807, 2.05) is 17.3 Å². The first-order valence-electron chi connectivity index (χ1n) is 12.2. The summed E-state index contributed by atoms with van der Waals surface area (Å²) < 4.78 is 13.8. The number of nitriles is 1. The molecule has 0 radical (unpaired) electrons. The molecule has 7 nitrogen and oxygen atoms in total. The lowest BCUT2D eigenvalue weighted by Gasteiger charge is -2.22. The van der Waals surface area contributed by atoms with Crippen molar-refractivity contribution < 1.29 is 4.39 Å². The highest BCUT2D eigenvalue weighted by Gasteiger charge is 2.32. The van der Waals surface area contributed by atoms with Crippen LogP contribution in [0.2, 0.25) is 15.1 Å². The number of hydrazine groups is 2. The highest BCUT2D eigenvalue weighted by Crippen LogP contribution is 2.39. The molecule has 1 unspecified atom stereocenters. The van der Waals surface area contributed by atoms with Crippen LogP contribution in [0.3, 0.4) is 0 Å². The first-order chi connectivity index (χ1) is 18.9. The molecule has 1 aliphatic heterocycles. The maximum atomic E-state index is 13.8. The summed E-state index contributed by atoms with van der Waals surface area (Å²) >= 11 is 19.4. The van der Waals surface area contributed by atoms with Crippen LogP contribution in [0.15, 0.2) is 72.7 Å². The van der Waals surface area contributed by atoms with E-state index in [-0.39, 0.29) is 11.9 Å². The Balaban J connectivity index is 1.43. The van der Waals surface area contributed by atoms with Gasteiger partial charge in [0.15, 0.2) is 0 Å². The number of aromatic nitrogens is 1. The molecule has 3 aromatic carbocycles. The Morgan fingerprint density at radius 3 is 2.62 bits per heavy atom. The molecule has 1 saturated carbocycles. The molecule has 0 amide bonds. The average Bonchev–Trinajstić information content (AvgIpc) is 3.67. The Bertz CT molecular complexity index is 1650. The fourth-order valence-corrected chi connectivity index (χ4v) is 5.12. The van der Waals surface area contributed by atoms with Crippen LogP contribution in [0.25, 0.3) is 10.9 Å². The molecule has 1 atom stereocenters. The minimum atomic E-state index is -0.360. The lowest BCUT2D eigenvalue weighted by atomic mass is 10.0. The molecule has 0 bridgehead atoms. The van der Waals surface area contributed by atoms with E-state index in [9.17, 15) is 9.65 Å². The van der Waals surface area contributed by atoms with Crippen LogP contribution >= 0.6 is 34.8 Å². The average molecular weight is 581 g/mol. The molecule has 0 saturated heterocycles. The minimum Gasteiger partial charge on any atom is -0.373 e. The quantitative estimate of drug-likeness (QED) is 0.181. The molecule has 2 aliphatic rings. The molecule has 1 fully saturated rings. The van der Waals surface area contributed by atoms with Crippen LogP contribution < -0.4 is 21.6 Å². The Labute approximate surface area is 239 Å². The van der Waals surface area contributed by atoms with Gasteiger partial charge in [-0.3, -0.25) is 9.99 Å². The second kappa shape index (κ2) is 10.4. The van der Waals surface area contributed by atoms with Crippen molar-refractivity contribution >= 4 is 62.8 Å². The molecular formula is C28H21Cl3FN7. The number of pyridine rings is 1. The smallest absolute Gasteiger partial charge is 0.123 e. The second-order valence-corrected chi connectivity index (χ2v) is 10.5. The molecule has 11 heteroatoms. The first kappa shape index (κ1) is 25.5. The summed E-state index contributed by atoms with van der Waals surface area (Å²) in [5.74, 6) is -0.317. The van der Waals surface area contributed by atoms with E-state index in [0.29, 0.717) is 54.6 Å². The van der Waals surface area contributed by atoms with Crippen molar-refractivity contribution in [3.8, 4) is 6.07 Å². The monoisotopic (exact) mass is 579 g/mol. The largest absolute Gasteiger partial charge is 0.373 e. The van der Waals surface area contributed by atoms with Gasteiger partial charge in [-0.1, -0.05) is 53.0 Å². The van der Waals surface area contributed by atoms with Crippen LogP contribution in [0.4, 0.5) is 21.5 Å². The third kappa shape index (κ3) is 5.14. The van der Waals surface area contributed by atoms with Crippen molar-refractivity contribution in [1.82, 2.24) is 21.0 Å². The first-order valence-corrected chi connectivity index (χ1v) is 13.3. The van der Waals surface area contributed by atoms with Crippen molar-refractivity contribution in [3.63, 3.8) is 0 Å². The number of nitrogens with zero attached hydrogens (tertiary/aromatic N) is 3. The van der Waals surface area contributed by atoms with E-state index in [1.54, 1.807) is 36.4 Å². The fourth-order valence-electron chi connectivity index (χ4n) is 4.50. The molecule has 2 heterocycles. The van der Waals surface area contributed by atoms with Gasteiger partial charge in [0, 0.05) is 29.5 Å². The van der Waals surface area contributed by atoms with Gasteiger partial charge in [0.05, 0.1) is 49.3 Å². The summed E-state index contributed by atoms with van der Waals surface area (Å²) in [5.41, 5.74) is 10.7. The number of benzene rings is 3. The zero-order valence-corrected chi connectivity index (χ0v) is 22.5. The molecule has 4 aromatic rings. The standard InChI is InChI=1S/C28H21Cl3FN7/c29-21-2-1-3-23(25(21)31)36-26-16(12-33)13-34-28-20(26)10-18(11-22(28)30)35-27(15-4-6-17(32)7-5-15)24-14-39(38-37-24)19-8-9-19/h1-7,10-11,13-14,19,27,35,37-38H,8-9H2,(H,34,36). The van der Waals surface area contributed by atoms with E-state index in [0.717, 1.165) is 24.1 Å². The van der Waals surface area contributed by atoms with E-state index in [2.05, 4.69) is 32.6 Å². The van der Waals surface area contributed by atoms with E-state index >= 15 is 0 Å². The summed E-state index contributed by atoms with van der Waals surface area (Å²) in [6.07, 6.45) is 5.72. The molecule has 196 valence electrons. The van der Waals surface area contributed by atoms with Crippen molar-refractivity contribution in [1.29, 1.82) is 5.26 Å². The van der Waals surface area contributed by atoms with Gasteiger partial charge >= 0.3 is 0 Å². The maximum absolute atomic E-state index is 13.8. The number of halogens is 4. The topological polar surface area (TPSA) is 88.0 Å². The van der Waals surface area contributed by atoms with E-state index in [4.69, 9.17) is 34.8 Å². The van der Waals surface area contributed by atoms with Gasteiger partial charge in [-0.2, -0.15) is 5.26 Å². The summed E-state index contributed by atoms with van der Waals surface area (Å²) in [5, 5.41) is 20.4. The Morgan fingerprint density at radius 1 is 1.08 bits per heavy atom. The number of rotatable bonds is 7. The number of hydrogen-bond acceptors (Lipinski definition) is 7. The summed E-state index contributed by atoms with van der Waals surface area (Å²) in [4.78, 5) is 4.43. The van der Waals surface area contributed by atoms with Gasteiger partial charge in [-0.25, -0.2) is 4.39 Å². The molecule has 6 rings (SSSR count). The predicted octanol–water partition coefficient (Wildman–Crippen LogP) is 7.43. The Hall–Kier alpha value is -3.74. The number of nitrogens with one attached hydrogen (secondary N) is 4. The van der Waals surface area contributed by atoms with Gasteiger partial charge in [-0.05, 0) is 54.8 Å². The summed E-state index contributed by atoms with van der Waals surface area (Å²) in [6.45, 7) is 0. The molecule has 0 spiro atoms. The van der Waals surface area contributed by atoms with Gasteiger partial charge in [0.2, 0.25) is 0 Å². The number of fused-ring (bicyclic) bond motifs is 1. The minimum absolute atomic E-state index is 0.311. The SMILES string of the molecule is N#Cc1cnc2c(Cl)cc(NC(C3=CN(C4CC4)NN3)c3ccc(F)cc3)cc2c1Nc1cccc(Cl)c1Cl. The molecule has 4 N–H and O–H groups in total. The van der Waals surface area contributed by atoms with Gasteiger partial charge in [0.1, 0.15) is 11.9 Å². The van der Waals surface area contributed by atoms with E-state index in [1.165, 1.54) is 18.3 Å². The summed E-state index contributed by atoms with van der Waals surface area (Å²) in [7, 11) is 0. The highest BCUT2D eigenvalue weighted by atomic mass is 35.5. The van der Waals surface area contributed by atoms with Crippen molar-refractivity contribution in [2.24, 2.45) is 0 Å². The Morgan fingerprint density at radius 2 is 1.87 bits per heavy atom. The number of hydrogen-bond donors (Lipinski definition) is 4. The zero-order chi connectivity index (χ0) is 27.1. The third-order valence-electron chi connectivity index (χ3n) is 6.63. The fraction of sp³-hybridized carbons (Fsp3) is 0.143. The molecule has 39 heavy (non-hydrogen) atoms. The lowest BCUT2D eigenvalue weighted by Crippen LogP contribution is -2.38. The van der Waals surface area contributed by atoms with Crippen LogP contribution in [0, 0.1) is 17.1 Å². The van der Waals surface area contributed by atoms with Crippen LogP contribution in [-0.4, -0.2) is 16.0 Å². The summed E-state index contributed by atoms with van der Waals surface area (Å²) in [6, 6.07) is 17.5. The third-order valence-corrected chi connectivity index (χ3v) is 7.74. The molecular weight excluding hydrogens is 560 g/mol. The Kier molecular flexibility index (Phi) is 6.83. The number of anilines is 3. The normalized spacial score (nSPS) is 15.5. The lowest BCUT2D eigenvalue weighted by molar-refractivity contribution is 0.260. The van der Waals surface area contributed by atoms with Crippen molar-refractivity contribution in [2.45, 2.75) is 24.9 Å². The van der Waals surface area contributed by atoms with Crippen molar-refractivity contribution in [2.75, 3.05) is 10.6 Å². The van der Waals surface area contributed by atoms with Crippen LogP contribution in [0.5, 0.6) is 0 Å². The van der Waals surface area contributed by atoms with Gasteiger partial charge in [0.25, 0.3) is 0 Å². The predicted molar refractivity (Wildman–Crippen MR) is 153 cm³/mol.